The zero-order valence-electron chi connectivity index (χ0n) is 16.7. The summed E-state index contributed by atoms with van der Waals surface area (Å²) in [6.07, 6.45) is 1.46. The number of aromatic nitrogens is 1. The molecule has 30 heavy (non-hydrogen) atoms. The van der Waals surface area contributed by atoms with Crippen molar-refractivity contribution >= 4 is 22.7 Å². The van der Waals surface area contributed by atoms with Crippen LogP contribution in [0.5, 0.6) is 23.2 Å². The number of hydrogen-bond donors (Lipinski definition) is 1. The van der Waals surface area contributed by atoms with E-state index in [9.17, 15) is 5.11 Å². The van der Waals surface area contributed by atoms with Gasteiger partial charge in [-0.3, -0.25) is 4.99 Å². The number of rotatable bonds is 6. The molecular weight excluding hydrogens is 384 g/mol. The molecule has 0 amide bonds. The molecule has 0 fully saturated rings. The first kappa shape index (κ1) is 19.3. The number of aromatic hydroxyl groups is 1. The summed E-state index contributed by atoms with van der Waals surface area (Å²) in [6.45, 7) is 0. The smallest absolute Gasteiger partial charge is 0.312 e. The van der Waals surface area contributed by atoms with Crippen molar-refractivity contribution in [2.75, 3.05) is 21.3 Å². The van der Waals surface area contributed by atoms with Gasteiger partial charge in [0.2, 0.25) is 11.6 Å². The fourth-order valence-electron chi connectivity index (χ4n) is 3.13. The SMILES string of the molecule is COc1cc(-c2nc(C=Nc3ccc4ccccc4c3)c(O)o2)cc(OC)c1OC. The Morgan fingerprint density at radius 3 is 2.27 bits per heavy atom. The van der Waals surface area contributed by atoms with Gasteiger partial charge < -0.3 is 23.7 Å². The molecule has 0 aliphatic heterocycles. The lowest BCUT2D eigenvalue weighted by Gasteiger charge is -2.12. The number of oxazole rings is 1. The van der Waals surface area contributed by atoms with Crippen molar-refractivity contribution in [3.63, 3.8) is 0 Å². The molecule has 1 heterocycles. The Bertz CT molecular complexity index is 1200. The highest BCUT2D eigenvalue weighted by Crippen LogP contribution is 2.41. The van der Waals surface area contributed by atoms with Crippen LogP contribution in [0, 0.1) is 0 Å². The van der Waals surface area contributed by atoms with Crippen molar-refractivity contribution in [2.45, 2.75) is 0 Å². The number of nitrogens with zero attached hydrogens (tertiary/aromatic N) is 2. The first-order valence-electron chi connectivity index (χ1n) is 9.16. The number of aliphatic imine (C=N–C) groups is 1. The average molecular weight is 404 g/mol. The molecule has 7 nitrogen and oxygen atoms in total. The van der Waals surface area contributed by atoms with Crippen LogP contribution in [0.25, 0.3) is 22.2 Å². The first-order valence-corrected chi connectivity index (χ1v) is 9.16. The molecule has 7 heteroatoms. The highest BCUT2D eigenvalue weighted by molar-refractivity contribution is 5.88. The number of hydrogen-bond acceptors (Lipinski definition) is 7. The second kappa shape index (κ2) is 8.16. The van der Waals surface area contributed by atoms with Crippen LogP contribution in [0.1, 0.15) is 5.69 Å². The molecule has 1 aromatic heterocycles. The Hall–Kier alpha value is -4.00. The van der Waals surface area contributed by atoms with Crippen LogP contribution in [0.2, 0.25) is 0 Å². The molecule has 4 aromatic rings. The van der Waals surface area contributed by atoms with Gasteiger partial charge in [-0.25, -0.2) is 4.98 Å². The van der Waals surface area contributed by atoms with Gasteiger partial charge >= 0.3 is 5.95 Å². The summed E-state index contributed by atoms with van der Waals surface area (Å²) in [5.74, 6) is 1.24. The molecule has 3 aromatic carbocycles. The van der Waals surface area contributed by atoms with Crippen molar-refractivity contribution < 1.29 is 23.7 Å². The van der Waals surface area contributed by atoms with Gasteiger partial charge in [0.1, 0.15) is 0 Å². The summed E-state index contributed by atoms with van der Waals surface area (Å²) in [5, 5.41) is 12.4. The van der Waals surface area contributed by atoms with Crippen molar-refractivity contribution in [3.8, 4) is 34.6 Å². The second-order valence-electron chi connectivity index (χ2n) is 6.41. The Labute approximate surface area is 173 Å². The highest BCUT2D eigenvalue weighted by Gasteiger charge is 2.18. The summed E-state index contributed by atoms with van der Waals surface area (Å²) in [4.78, 5) is 8.76. The maximum absolute atomic E-state index is 10.2. The van der Waals surface area contributed by atoms with E-state index < -0.39 is 0 Å². The molecule has 0 saturated carbocycles. The number of benzene rings is 3. The van der Waals surface area contributed by atoms with Crippen LogP contribution in [0.4, 0.5) is 5.69 Å². The van der Waals surface area contributed by atoms with Gasteiger partial charge in [0, 0.05) is 5.56 Å². The molecule has 0 radical (unpaired) electrons. The van der Waals surface area contributed by atoms with Gasteiger partial charge in [-0.2, -0.15) is 0 Å². The normalized spacial score (nSPS) is 11.2. The standard InChI is InChI=1S/C23H20N2O5/c1-27-19-11-16(12-20(28-2)21(19)29-3)22-25-18(23(26)30-22)13-24-17-9-8-14-6-4-5-7-15(14)10-17/h4-13,26H,1-3H3. The van der Waals surface area contributed by atoms with Crippen molar-refractivity contribution in [2.24, 2.45) is 4.99 Å². The van der Waals surface area contributed by atoms with E-state index >= 15 is 0 Å². The third-order valence-electron chi connectivity index (χ3n) is 4.62. The number of ether oxygens (including phenoxy) is 3. The second-order valence-corrected chi connectivity index (χ2v) is 6.41. The fraction of sp³-hybridized carbons (Fsp3) is 0.130. The van der Waals surface area contributed by atoms with Crippen molar-refractivity contribution in [1.82, 2.24) is 4.98 Å². The molecule has 1 N–H and O–H groups in total. The van der Waals surface area contributed by atoms with Gasteiger partial charge in [-0.15, -0.1) is 0 Å². The molecule has 4 rings (SSSR count). The summed E-state index contributed by atoms with van der Waals surface area (Å²) < 4.78 is 21.5. The molecule has 0 spiro atoms. The van der Waals surface area contributed by atoms with Crippen LogP contribution in [0.3, 0.4) is 0 Å². The quantitative estimate of drug-likeness (QED) is 0.456. The highest BCUT2D eigenvalue weighted by atomic mass is 16.5. The van der Waals surface area contributed by atoms with E-state index in [1.54, 1.807) is 12.1 Å². The largest absolute Gasteiger partial charge is 0.493 e. The first-order chi connectivity index (χ1) is 14.6. The van der Waals surface area contributed by atoms with Gasteiger partial charge in [-0.1, -0.05) is 30.3 Å². The topological polar surface area (TPSA) is 86.3 Å². The van der Waals surface area contributed by atoms with Gasteiger partial charge in [0.25, 0.3) is 0 Å². The predicted molar refractivity (Wildman–Crippen MR) is 114 cm³/mol. The van der Waals surface area contributed by atoms with E-state index in [-0.39, 0.29) is 17.5 Å². The Morgan fingerprint density at radius 1 is 0.900 bits per heavy atom. The molecule has 0 aliphatic rings. The Morgan fingerprint density at radius 2 is 1.60 bits per heavy atom. The minimum Gasteiger partial charge on any atom is -0.493 e. The maximum atomic E-state index is 10.2. The fourth-order valence-corrected chi connectivity index (χ4v) is 3.13. The van der Waals surface area contributed by atoms with E-state index in [1.165, 1.54) is 27.5 Å². The average Bonchev–Trinajstić information content (AvgIpc) is 3.16. The van der Waals surface area contributed by atoms with Crippen LogP contribution < -0.4 is 14.2 Å². The Kier molecular flexibility index (Phi) is 5.26. The van der Waals surface area contributed by atoms with Crippen molar-refractivity contribution in [3.05, 3.63) is 60.3 Å². The lowest BCUT2D eigenvalue weighted by atomic mass is 10.1. The molecule has 0 saturated heterocycles. The zero-order chi connectivity index (χ0) is 21.1. The lowest BCUT2D eigenvalue weighted by Crippen LogP contribution is -1.95. The van der Waals surface area contributed by atoms with Crippen LogP contribution in [0.15, 0.2) is 64.0 Å². The number of methoxy groups -OCH3 is 3. The summed E-state index contributed by atoms with van der Waals surface area (Å²) in [7, 11) is 4.57. The van der Waals surface area contributed by atoms with Gasteiger partial charge in [0.05, 0.1) is 33.2 Å². The van der Waals surface area contributed by atoms with E-state index in [2.05, 4.69) is 9.98 Å². The Balaban J connectivity index is 1.67. The molecule has 152 valence electrons. The molecule has 0 bridgehead atoms. The molecular formula is C23H20N2O5. The van der Waals surface area contributed by atoms with Crippen LogP contribution in [-0.4, -0.2) is 37.6 Å². The number of fused-ring (bicyclic) bond motifs is 1. The molecule has 0 unspecified atom stereocenters. The van der Waals surface area contributed by atoms with Gasteiger partial charge in [-0.05, 0) is 35.0 Å². The maximum Gasteiger partial charge on any atom is 0.312 e. The predicted octanol–water partition coefficient (Wildman–Crippen LogP) is 4.98. The van der Waals surface area contributed by atoms with Gasteiger partial charge in [0.15, 0.2) is 17.2 Å². The monoisotopic (exact) mass is 404 g/mol. The van der Waals surface area contributed by atoms with E-state index in [4.69, 9.17) is 18.6 Å². The summed E-state index contributed by atoms with van der Waals surface area (Å²) >= 11 is 0. The van der Waals surface area contributed by atoms with Crippen LogP contribution in [-0.2, 0) is 0 Å². The third kappa shape index (κ3) is 3.65. The minimum atomic E-state index is -0.330. The minimum absolute atomic E-state index is 0.201. The lowest BCUT2D eigenvalue weighted by molar-refractivity contribution is 0.323. The summed E-state index contributed by atoms with van der Waals surface area (Å²) in [6, 6.07) is 17.3. The van der Waals surface area contributed by atoms with E-state index in [0.29, 0.717) is 22.8 Å². The van der Waals surface area contributed by atoms with Crippen LogP contribution >= 0.6 is 0 Å². The van der Waals surface area contributed by atoms with Crippen molar-refractivity contribution in [1.29, 1.82) is 0 Å². The van der Waals surface area contributed by atoms with E-state index in [0.717, 1.165) is 16.5 Å². The zero-order valence-corrected chi connectivity index (χ0v) is 16.7. The third-order valence-corrected chi connectivity index (χ3v) is 4.62. The molecule has 0 atom stereocenters. The summed E-state index contributed by atoms with van der Waals surface area (Å²) in [5.41, 5.74) is 1.52. The molecule has 0 aliphatic carbocycles. The van der Waals surface area contributed by atoms with E-state index in [1.807, 2.05) is 42.5 Å².